The molecule has 0 saturated carbocycles. The van der Waals surface area contributed by atoms with Gasteiger partial charge >= 0.3 is 0 Å². The number of hydrogen-bond donors (Lipinski definition) is 3. The first kappa shape index (κ1) is 19.8. The van der Waals surface area contributed by atoms with Crippen LogP contribution < -0.4 is 10.2 Å². The van der Waals surface area contributed by atoms with E-state index in [0.717, 1.165) is 17.9 Å². The fourth-order valence-corrected chi connectivity index (χ4v) is 3.69. The largest absolute Gasteiger partial charge is 0.507 e. The Kier molecular flexibility index (Phi) is 5.37. The highest BCUT2D eigenvalue weighted by Gasteiger charge is 2.22. The molecule has 0 spiro atoms. The number of hydrogen-bond acceptors (Lipinski definition) is 5. The number of rotatable bonds is 4. The van der Waals surface area contributed by atoms with Crippen LogP contribution in [0.5, 0.6) is 5.75 Å². The Morgan fingerprint density at radius 1 is 1.17 bits per heavy atom. The number of phenols is 1. The van der Waals surface area contributed by atoms with Gasteiger partial charge in [0.15, 0.2) is 0 Å². The van der Waals surface area contributed by atoms with E-state index in [0.29, 0.717) is 29.7 Å². The molecule has 6 nitrogen and oxygen atoms in total. The van der Waals surface area contributed by atoms with Gasteiger partial charge in [-0.1, -0.05) is 24.3 Å². The lowest BCUT2D eigenvalue weighted by atomic mass is 9.97. The SMILES string of the molecule is CC(=O)Nc1ccc(-c2cccc(-c3ccnc(N4CCC(O)C4)c3)c2O)cc1F. The van der Waals surface area contributed by atoms with E-state index in [-0.39, 0.29) is 23.4 Å². The average molecular weight is 407 g/mol. The quantitative estimate of drug-likeness (QED) is 0.613. The second-order valence-corrected chi connectivity index (χ2v) is 7.37. The van der Waals surface area contributed by atoms with Crippen LogP contribution >= 0.6 is 0 Å². The van der Waals surface area contributed by atoms with Crippen LogP contribution in [0.1, 0.15) is 13.3 Å². The molecule has 3 aromatic rings. The number of pyridine rings is 1. The molecular weight excluding hydrogens is 385 g/mol. The third-order valence-electron chi connectivity index (χ3n) is 5.17. The summed E-state index contributed by atoms with van der Waals surface area (Å²) in [5.41, 5.74) is 2.44. The molecule has 1 aliphatic rings. The van der Waals surface area contributed by atoms with Crippen LogP contribution in [0, 0.1) is 5.82 Å². The molecule has 1 amide bonds. The van der Waals surface area contributed by atoms with Crippen LogP contribution in [-0.2, 0) is 4.79 Å². The molecular formula is C23H22FN3O3. The zero-order valence-electron chi connectivity index (χ0n) is 16.5. The molecule has 7 heteroatoms. The number of nitrogens with one attached hydrogen (secondary N) is 1. The molecule has 154 valence electrons. The molecule has 2 heterocycles. The lowest BCUT2D eigenvalue weighted by Crippen LogP contribution is -2.22. The molecule has 0 aliphatic carbocycles. The van der Waals surface area contributed by atoms with Crippen LogP contribution in [-0.4, -0.2) is 40.3 Å². The van der Waals surface area contributed by atoms with Gasteiger partial charge in [-0.25, -0.2) is 9.37 Å². The highest BCUT2D eigenvalue weighted by atomic mass is 19.1. The second kappa shape index (κ2) is 8.12. The van der Waals surface area contributed by atoms with Gasteiger partial charge in [-0.2, -0.15) is 0 Å². The number of carbonyl (C=O) groups is 1. The summed E-state index contributed by atoms with van der Waals surface area (Å²) in [4.78, 5) is 17.6. The van der Waals surface area contributed by atoms with Crippen LogP contribution in [0.15, 0.2) is 54.7 Å². The summed E-state index contributed by atoms with van der Waals surface area (Å²) in [7, 11) is 0. The number of carbonyl (C=O) groups excluding carboxylic acids is 1. The lowest BCUT2D eigenvalue weighted by Gasteiger charge is -2.18. The number of para-hydroxylation sites is 1. The highest BCUT2D eigenvalue weighted by Crippen LogP contribution is 2.39. The van der Waals surface area contributed by atoms with Gasteiger partial charge in [-0.15, -0.1) is 0 Å². The smallest absolute Gasteiger partial charge is 0.221 e. The summed E-state index contributed by atoms with van der Waals surface area (Å²) in [6.07, 6.45) is 2.01. The van der Waals surface area contributed by atoms with Crippen molar-refractivity contribution in [2.24, 2.45) is 0 Å². The fraction of sp³-hybridized carbons (Fsp3) is 0.217. The minimum absolute atomic E-state index is 0.0304. The van der Waals surface area contributed by atoms with Gasteiger partial charge in [0.25, 0.3) is 0 Å². The second-order valence-electron chi connectivity index (χ2n) is 7.37. The summed E-state index contributed by atoms with van der Waals surface area (Å²) in [5.74, 6) is -0.167. The summed E-state index contributed by atoms with van der Waals surface area (Å²) < 4.78 is 14.4. The molecule has 30 heavy (non-hydrogen) atoms. The van der Waals surface area contributed by atoms with Gasteiger partial charge < -0.3 is 20.4 Å². The van der Waals surface area contributed by atoms with E-state index in [1.165, 1.54) is 19.1 Å². The van der Waals surface area contributed by atoms with Crippen molar-refractivity contribution in [2.45, 2.75) is 19.4 Å². The first-order chi connectivity index (χ1) is 14.4. The average Bonchev–Trinajstić information content (AvgIpc) is 3.16. The molecule has 1 unspecified atom stereocenters. The number of aliphatic hydroxyl groups excluding tert-OH is 1. The Balaban J connectivity index is 1.69. The molecule has 4 rings (SSSR count). The molecule has 1 saturated heterocycles. The number of benzene rings is 2. The first-order valence-electron chi connectivity index (χ1n) is 9.71. The number of β-amino-alcohol motifs (C(OH)–C–C–N with tert-alkyl or cyclic N) is 1. The summed E-state index contributed by atoms with van der Waals surface area (Å²) in [6.45, 7) is 2.57. The van der Waals surface area contributed by atoms with E-state index in [9.17, 15) is 19.4 Å². The Bertz CT molecular complexity index is 1100. The van der Waals surface area contributed by atoms with Gasteiger partial charge in [0.05, 0.1) is 11.8 Å². The van der Waals surface area contributed by atoms with Crippen molar-refractivity contribution in [3.05, 3.63) is 60.5 Å². The van der Waals surface area contributed by atoms with Gasteiger partial charge in [-0.05, 0) is 41.8 Å². The minimum atomic E-state index is -0.578. The number of aliphatic hydroxyl groups is 1. The van der Waals surface area contributed by atoms with Crippen LogP contribution in [0.3, 0.4) is 0 Å². The maximum Gasteiger partial charge on any atom is 0.221 e. The Morgan fingerprint density at radius 2 is 1.90 bits per heavy atom. The topological polar surface area (TPSA) is 85.7 Å². The maximum atomic E-state index is 14.4. The maximum absolute atomic E-state index is 14.4. The fourth-order valence-electron chi connectivity index (χ4n) is 3.69. The van der Waals surface area contributed by atoms with Crippen LogP contribution in [0.25, 0.3) is 22.3 Å². The zero-order chi connectivity index (χ0) is 21.3. The van der Waals surface area contributed by atoms with Crippen molar-refractivity contribution in [1.82, 2.24) is 4.98 Å². The Hall–Kier alpha value is -3.45. The third-order valence-corrected chi connectivity index (χ3v) is 5.17. The molecule has 1 atom stereocenters. The number of phenolic OH excluding ortho intramolecular Hbond substituents is 1. The number of amides is 1. The summed E-state index contributed by atoms with van der Waals surface area (Å²) in [6, 6.07) is 13.4. The van der Waals surface area contributed by atoms with E-state index < -0.39 is 5.82 Å². The highest BCUT2D eigenvalue weighted by molar-refractivity contribution is 5.89. The molecule has 0 bridgehead atoms. The van der Waals surface area contributed by atoms with Crippen LogP contribution in [0.4, 0.5) is 15.9 Å². The normalized spacial score (nSPS) is 16.0. The third kappa shape index (κ3) is 3.97. The van der Waals surface area contributed by atoms with E-state index in [1.807, 2.05) is 11.0 Å². The number of halogens is 1. The molecule has 2 aromatic carbocycles. The number of aromatic hydroxyl groups is 1. The number of aromatic nitrogens is 1. The van der Waals surface area contributed by atoms with Crippen molar-refractivity contribution < 1.29 is 19.4 Å². The van der Waals surface area contributed by atoms with Crippen molar-refractivity contribution in [2.75, 3.05) is 23.3 Å². The summed E-state index contributed by atoms with van der Waals surface area (Å²) >= 11 is 0. The first-order valence-corrected chi connectivity index (χ1v) is 9.71. The number of anilines is 2. The van der Waals surface area contributed by atoms with Gasteiger partial charge in [0, 0.05) is 37.3 Å². The van der Waals surface area contributed by atoms with Gasteiger partial charge in [-0.3, -0.25) is 4.79 Å². The van der Waals surface area contributed by atoms with E-state index >= 15 is 0 Å². The molecule has 0 radical (unpaired) electrons. The standard InChI is InChI=1S/C23H22FN3O3/c1-14(28)26-21-6-5-15(11-20(21)24)18-3-2-4-19(23(18)30)16-7-9-25-22(12-16)27-10-8-17(29)13-27/h2-7,9,11-12,17,29-30H,8,10,13H2,1H3,(H,26,28). The van der Waals surface area contributed by atoms with Gasteiger partial charge in [0.1, 0.15) is 17.4 Å². The molecule has 1 aliphatic heterocycles. The van der Waals surface area contributed by atoms with Crippen molar-refractivity contribution in [3.8, 4) is 28.0 Å². The van der Waals surface area contributed by atoms with Crippen molar-refractivity contribution in [3.63, 3.8) is 0 Å². The Morgan fingerprint density at radius 3 is 2.53 bits per heavy atom. The van der Waals surface area contributed by atoms with E-state index in [1.54, 1.807) is 36.5 Å². The monoisotopic (exact) mass is 407 g/mol. The molecule has 1 fully saturated rings. The van der Waals surface area contributed by atoms with E-state index in [4.69, 9.17) is 0 Å². The predicted octanol–water partition coefficient (Wildman–Crippen LogP) is 3.79. The van der Waals surface area contributed by atoms with Crippen molar-refractivity contribution >= 4 is 17.4 Å². The van der Waals surface area contributed by atoms with Gasteiger partial charge in [0.2, 0.25) is 5.91 Å². The summed E-state index contributed by atoms with van der Waals surface area (Å²) in [5, 5.41) is 23.1. The van der Waals surface area contributed by atoms with Crippen LogP contribution in [0.2, 0.25) is 0 Å². The minimum Gasteiger partial charge on any atom is -0.507 e. The molecule has 3 N–H and O–H groups in total. The van der Waals surface area contributed by atoms with E-state index in [2.05, 4.69) is 10.3 Å². The Labute approximate surface area is 173 Å². The van der Waals surface area contributed by atoms with Crippen molar-refractivity contribution in [1.29, 1.82) is 0 Å². The zero-order valence-corrected chi connectivity index (χ0v) is 16.5. The molecule has 1 aromatic heterocycles. The predicted molar refractivity (Wildman–Crippen MR) is 114 cm³/mol. The number of nitrogens with zero attached hydrogens (tertiary/aromatic N) is 2. The lowest BCUT2D eigenvalue weighted by molar-refractivity contribution is -0.114.